The average Bonchev–Trinajstić information content (AvgIpc) is 2.02. The molecule has 0 aliphatic carbocycles. The van der Waals surface area contributed by atoms with Crippen molar-refractivity contribution in [2.24, 2.45) is 5.92 Å². The van der Waals surface area contributed by atoms with Crippen molar-refractivity contribution in [1.29, 1.82) is 0 Å². The Bertz CT molecular complexity index is 172. The van der Waals surface area contributed by atoms with Crippen LogP contribution < -0.4 is 5.32 Å². The molecule has 2 atom stereocenters. The summed E-state index contributed by atoms with van der Waals surface area (Å²) in [4.78, 5) is 0. The Balaban J connectivity index is 3.55. The lowest BCUT2D eigenvalue weighted by Crippen LogP contribution is -2.34. The van der Waals surface area contributed by atoms with E-state index in [1.807, 2.05) is 13.8 Å². The predicted octanol–water partition coefficient (Wildman–Crippen LogP) is 0.750. The van der Waals surface area contributed by atoms with Crippen LogP contribution in [0.4, 0.5) is 0 Å². The van der Waals surface area contributed by atoms with Gasteiger partial charge in [0.2, 0.25) is 0 Å². The van der Waals surface area contributed by atoms with Gasteiger partial charge in [-0.3, -0.25) is 4.21 Å². The van der Waals surface area contributed by atoms with E-state index in [1.54, 1.807) is 0 Å². The zero-order valence-electron chi connectivity index (χ0n) is 9.62. The van der Waals surface area contributed by atoms with E-state index in [4.69, 9.17) is 0 Å². The molecule has 0 aliphatic rings. The van der Waals surface area contributed by atoms with Gasteiger partial charge in [0.1, 0.15) is 0 Å². The third-order valence-corrected chi connectivity index (χ3v) is 3.58. The van der Waals surface area contributed by atoms with E-state index in [-0.39, 0.29) is 5.25 Å². The van der Waals surface area contributed by atoms with Gasteiger partial charge in [-0.1, -0.05) is 27.7 Å². The summed E-state index contributed by atoms with van der Waals surface area (Å²) in [7, 11) is -0.906. The SMILES string of the molecule is CC(C)CNCC(O)CS(=O)C(C)C. The molecule has 0 amide bonds. The van der Waals surface area contributed by atoms with Crippen LogP contribution in [0.1, 0.15) is 27.7 Å². The molecule has 0 heterocycles. The van der Waals surface area contributed by atoms with Crippen LogP contribution in [0.5, 0.6) is 0 Å². The molecule has 0 saturated heterocycles. The smallest absolute Gasteiger partial charge is 0.0779 e. The summed E-state index contributed by atoms with van der Waals surface area (Å²) in [6.07, 6.45) is -0.489. The van der Waals surface area contributed by atoms with Crippen LogP contribution in [0, 0.1) is 5.92 Å². The molecule has 2 N–H and O–H groups in total. The molecule has 0 spiro atoms. The zero-order valence-corrected chi connectivity index (χ0v) is 10.4. The van der Waals surface area contributed by atoms with Crippen LogP contribution in [0.2, 0.25) is 0 Å². The van der Waals surface area contributed by atoms with Gasteiger partial charge in [-0.15, -0.1) is 0 Å². The van der Waals surface area contributed by atoms with Crippen molar-refractivity contribution >= 4 is 10.8 Å². The molecule has 0 aliphatic heterocycles. The first kappa shape index (κ1) is 14.1. The minimum absolute atomic E-state index is 0.134. The van der Waals surface area contributed by atoms with E-state index >= 15 is 0 Å². The molecule has 0 aromatic rings. The van der Waals surface area contributed by atoms with E-state index < -0.39 is 16.9 Å². The van der Waals surface area contributed by atoms with Crippen LogP contribution in [-0.4, -0.2) is 39.5 Å². The lowest BCUT2D eigenvalue weighted by Gasteiger charge is -2.14. The average molecular weight is 221 g/mol. The van der Waals surface area contributed by atoms with Crippen LogP contribution in [0.3, 0.4) is 0 Å². The number of rotatable bonds is 7. The van der Waals surface area contributed by atoms with Crippen LogP contribution in [0.15, 0.2) is 0 Å². The number of hydrogen-bond acceptors (Lipinski definition) is 3. The van der Waals surface area contributed by atoms with Crippen molar-refractivity contribution in [1.82, 2.24) is 5.32 Å². The molecule has 0 aromatic carbocycles. The maximum absolute atomic E-state index is 11.4. The second-order valence-electron chi connectivity index (χ2n) is 4.30. The second-order valence-corrected chi connectivity index (χ2v) is 6.34. The molecule has 0 aromatic heterocycles. The van der Waals surface area contributed by atoms with Crippen LogP contribution >= 0.6 is 0 Å². The van der Waals surface area contributed by atoms with Crippen molar-refractivity contribution in [3.63, 3.8) is 0 Å². The topological polar surface area (TPSA) is 49.3 Å². The monoisotopic (exact) mass is 221 g/mol. The zero-order chi connectivity index (χ0) is 11.1. The van der Waals surface area contributed by atoms with Gasteiger partial charge in [0.25, 0.3) is 0 Å². The fourth-order valence-corrected chi connectivity index (χ4v) is 1.86. The fraction of sp³-hybridized carbons (Fsp3) is 1.00. The third-order valence-electron chi connectivity index (χ3n) is 1.81. The standard InChI is InChI=1S/C10H23NO2S/c1-8(2)5-11-6-10(12)7-14(13)9(3)4/h8-12H,5-7H2,1-4H3. The van der Waals surface area contributed by atoms with E-state index in [2.05, 4.69) is 19.2 Å². The number of hydrogen-bond donors (Lipinski definition) is 2. The second kappa shape index (κ2) is 7.37. The highest BCUT2D eigenvalue weighted by molar-refractivity contribution is 7.85. The van der Waals surface area contributed by atoms with Gasteiger partial charge in [0.05, 0.1) is 11.9 Å². The molecule has 3 nitrogen and oxygen atoms in total. The minimum Gasteiger partial charge on any atom is -0.391 e. The quantitative estimate of drug-likeness (QED) is 0.667. The van der Waals surface area contributed by atoms with Gasteiger partial charge in [0.15, 0.2) is 0 Å². The maximum atomic E-state index is 11.4. The molecule has 4 heteroatoms. The summed E-state index contributed by atoms with van der Waals surface area (Å²) in [6, 6.07) is 0. The van der Waals surface area contributed by atoms with E-state index in [1.165, 1.54) is 0 Å². The highest BCUT2D eigenvalue weighted by Gasteiger charge is 2.11. The van der Waals surface area contributed by atoms with Crippen molar-refractivity contribution < 1.29 is 9.32 Å². The van der Waals surface area contributed by atoms with Crippen LogP contribution in [-0.2, 0) is 10.8 Å². The summed E-state index contributed by atoms with van der Waals surface area (Å²) < 4.78 is 11.4. The molecule has 86 valence electrons. The van der Waals surface area contributed by atoms with E-state index in [9.17, 15) is 9.32 Å². The highest BCUT2D eigenvalue weighted by atomic mass is 32.2. The fourth-order valence-electron chi connectivity index (χ4n) is 0.980. The molecule has 0 fully saturated rings. The number of aliphatic hydroxyl groups excluding tert-OH is 1. The Labute approximate surface area is 89.7 Å². The van der Waals surface area contributed by atoms with Gasteiger partial charge in [0, 0.05) is 22.6 Å². The first-order valence-electron chi connectivity index (χ1n) is 5.19. The minimum atomic E-state index is -0.906. The molecule has 2 unspecified atom stereocenters. The molecule has 0 radical (unpaired) electrons. The third kappa shape index (κ3) is 7.47. The Kier molecular flexibility index (Phi) is 7.41. The predicted molar refractivity (Wildman–Crippen MR) is 61.9 cm³/mol. The van der Waals surface area contributed by atoms with Gasteiger partial charge < -0.3 is 10.4 Å². The summed E-state index contributed by atoms with van der Waals surface area (Å²) >= 11 is 0. The van der Waals surface area contributed by atoms with Gasteiger partial charge in [-0.2, -0.15) is 0 Å². The van der Waals surface area contributed by atoms with Crippen molar-refractivity contribution in [3.05, 3.63) is 0 Å². The lowest BCUT2D eigenvalue weighted by atomic mass is 10.2. The molecule has 0 bridgehead atoms. The lowest BCUT2D eigenvalue weighted by molar-refractivity contribution is 0.193. The summed E-state index contributed by atoms with van der Waals surface area (Å²) in [5.74, 6) is 0.959. The van der Waals surface area contributed by atoms with Gasteiger partial charge in [-0.25, -0.2) is 0 Å². The summed E-state index contributed by atoms with van der Waals surface area (Å²) in [5.41, 5.74) is 0. The Morgan fingerprint density at radius 3 is 2.21 bits per heavy atom. The summed E-state index contributed by atoms with van der Waals surface area (Å²) in [5, 5.41) is 12.8. The van der Waals surface area contributed by atoms with E-state index in [0.717, 1.165) is 6.54 Å². The van der Waals surface area contributed by atoms with Gasteiger partial charge >= 0.3 is 0 Å². The summed E-state index contributed by atoms with van der Waals surface area (Å²) in [6.45, 7) is 9.48. The Hall–Kier alpha value is 0.0700. The Morgan fingerprint density at radius 1 is 1.21 bits per heavy atom. The molecular weight excluding hydrogens is 198 g/mol. The first-order valence-corrected chi connectivity index (χ1v) is 6.57. The number of aliphatic hydroxyl groups is 1. The molecule has 14 heavy (non-hydrogen) atoms. The van der Waals surface area contributed by atoms with Gasteiger partial charge in [-0.05, 0) is 12.5 Å². The molecule has 0 saturated carbocycles. The van der Waals surface area contributed by atoms with E-state index in [0.29, 0.717) is 18.2 Å². The maximum Gasteiger partial charge on any atom is 0.0779 e. The largest absolute Gasteiger partial charge is 0.391 e. The van der Waals surface area contributed by atoms with Crippen molar-refractivity contribution in [2.75, 3.05) is 18.8 Å². The number of nitrogens with one attached hydrogen (secondary N) is 1. The van der Waals surface area contributed by atoms with Crippen LogP contribution in [0.25, 0.3) is 0 Å². The highest BCUT2D eigenvalue weighted by Crippen LogP contribution is 1.97. The van der Waals surface area contributed by atoms with Crippen molar-refractivity contribution in [3.8, 4) is 0 Å². The normalized spacial score (nSPS) is 16.2. The van der Waals surface area contributed by atoms with Crippen molar-refractivity contribution in [2.45, 2.75) is 39.0 Å². The Morgan fingerprint density at radius 2 is 1.79 bits per heavy atom. The molecular formula is C10H23NO2S. The first-order chi connectivity index (χ1) is 6.43. The molecule has 0 rings (SSSR count).